The number of carbonyl (C=O) groups is 1. The van der Waals surface area contributed by atoms with Crippen LogP contribution in [0, 0.1) is 0 Å². The summed E-state index contributed by atoms with van der Waals surface area (Å²) in [5, 5.41) is 8.33. The van der Waals surface area contributed by atoms with Crippen molar-refractivity contribution >= 4 is 5.97 Å². The first-order chi connectivity index (χ1) is 6.09. The Hall–Kier alpha value is -0.296. The molecule has 0 aromatic heterocycles. The van der Waals surface area contributed by atoms with Crippen LogP contribution in [0.25, 0.3) is 0 Å². The van der Waals surface area contributed by atoms with Crippen molar-refractivity contribution in [3.8, 4) is 0 Å². The van der Waals surface area contributed by atoms with E-state index in [1.54, 1.807) is 0 Å². The van der Waals surface area contributed by atoms with E-state index < -0.39 is 31.1 Å². The Morgan fingerprint density at radius 1 is 1.38 bits per heavy atom. The van der Waals surface area contributed by atoms with E-state index in [9.17, 15) is 4.79 Å². The standard InChI is InChI=1S/C6H14N2O2.2O.Ti/c7-4-2-1-3-5(8)6(9)10;;;/h5H,1-4,7-8H2,(H,9,10);;;/t5-;;;/m0.../s1. The third-order valence-corrected chi connectivity index (χ3v) is 1.29. The number of unbranched alkanes of at least 4 members (excludes halogenated alkanes) is 1. The minimum absolute atomic E-state index is 0.520. The maximum atomic E-state index is 10.1. The van der Waals surface area contributed by atoms with Crippen molar-refractivity contribution in [1.29, 1.82) is 0 Å². The fourth-order valence-corrected chi connectivity index (χ4v) is 0.632. The molecule has 76 valence electrons. The van der Waals surface area contributed by atoms with Gasteiger partial charge in [-0.05, 0) is 19.4 Å². The van der Waals surface area contributed by atoms with Gasteiger partial charge in [0, 0.05) is 0 Å². The predicted octanol–water partition coefficient (Wildman–Crippen LogP) is -0.713. The third-order valence-electron chi connectivity index (χ3n) is 1.29. The molecule has 13 heavy (non-hydrogen) atoms. The Morgan fingerprint density at radius 2 is 1.85 bits per heavy atom. The first-order valence-electron chi connectivity index (χ1n) is 3.77. The molecule has 0 aliphatic heterocycles. The molecule has 7 heteroatoms. The van der Waals surface area contributed by atoms with Gasteiger partial charge in [0.25, 0.3) is 0 Å². The molecule has 0 aliphatic rings. The van der Waals surface area contributed by atoms with Gasteiger partial charge in [-0.1, -0.05) is 6.42 Å². The van der Waals surface area contributed by atoms with Gasteiger partial charge in [-0.3, -0.25) is 4.79 Å². The number of carboxylic acid groups (broad SMARTS) is 1. The fraction of sp³-hybridized carbons (Fsp3) is 0.833. The van der Waals surface area contributed by atoms with Gasteiger partial charge in [-0.25, -0.2) is 0 Å². The summed E-state index contributed by atoms with van der Waals surface area (Å²) in [6.45, 7) is 0.604. The number of aliphatic carboxylic acids is 1. The van der Waals surface area contributed by atoms with Crippen LogP contribution in [0.15, 0.2) is 0 Å². The van der Waals surface area contributed by atoms with Crippen molar-refractivity contribution in [2.75, 3.05) is 6.54 Å². The van der Waals surface area contributed by atoms with E-state index in [0.717, 1.165) is 12.8 Å². The molecular weight excluding hydrogens is 212 g/mol. The normalized spacial score (nSPS) is 10.6. The van der Waals surface area contributed by atoms with E-state index in [-0.39, 0.29) is 0 Å². The summed E-state index contributed by atoms with van der Waals surface area (Å²) in [6, 6.07) is -0.716. The van der Waals surface area contributed by atoms with Gasteiger partial charge >= 0.3 is 31.7 Å². The van der Waals surface area contributed by atoms with Crippen LogP contribution in [0.1, 0.15) is 19.3 Å². The molecular formula is C6H14N2O4Ti. The van der Waals surface area contributed by atoms with Gasteiger partial charge in [-0.15, -0.1) is 0 Å². The van der Waals surface area contributed by atoms with Crippen molar-refractivity contribution in [3.63, 3.8) is 0 Å². The Balaban J connectivity index is 0. The third kappa shape index (κ3) is 14.5. The molecule has 0 radical (unpaired) electrons. The second-order valence-corrected chi connectivity index (χ2v) is 2.57. The quantitative estimate of drug-likeness (QED) is 0.420. The summed E-state index contributed by atoms with van der Waals surface area (Å²) in [5.41, 5.74) is 10.4. The molecule has 1 atom stereocenters. The van der Waals surface area contributed by atoms with Crippen LogP contribution in [-0.2, 0) is 30.5 Å². The van der Waals surface area contributed by atoms with Crippen LogP contribution in [-0.4, -0.2) is 23.7 Å². The van der Waals surface area contributed by atoms with Crippen molar-refractivity contribution in [1.82, 2.24) is 0 Å². The fourth-order valence-electron chi connectivity index (χ4n) is 0.632. The molecule has 0 rings (SSSR count). The summed E-state index contributed by atoms with van der Waals surface area (Å²) in [4.78, 5) is 10.1. The summed E-state index contributed by atoms with van der Waals surface area (Å²) in [7, 11) is 0. The second kappa shape index (κ2) is 11.7. The monoisotopic (exact) mass is 226 g/mol. The first kappa shape index (κ1) is 15.2. The summed E-state index contributed by atoms with van der Waals surface area (Å²) in [6.07, 6.45) is 2.16. The Kier molecular flexibility index (Phi) is 13.7. The van der Waals surface area contributed by atoms with E-state index in [0.29, 0.717) is 13.0 Å². The van der Waals surface area contributed by atoms with E-state index >= 15 is 0 Å². The number of hydrogen-bond acceptors (Lipinski definition) is 5. The molecule has 0 spiro atoms. The van der Waals surface area contributed by atoms with E-state index in [1.165, 1.54) is 0 Å². The van der Waals surface area contributed by atoms with Crippen molar-refractivity contribution in [3.05, 3.63) is 0 Å². The summed E-state index contributed by atoms with van der Waals surface area (Å²) in [5.74, 6) is -0.933. The Labute approximate surface area is 85.2 Å². The summed E-state index contributed by atoms with van der Waals surface area (Å²) >= 11 is -2.00. The number of nitrogens with two attached hydrogens (primary N) is 2. The van der Waals surface area contributed by atoms with E-state index in [1.807, 2.05) is 0 Å². The summed E-state index contributed by atoms with van der Waals surface area (Å²) < 4.78 is 17.0. The van der Waals surface area contributed by atoms with Gasteiger partial charge < -0.3 is 16.6 Å². The predicted molar refractivity (Wildman–Crippen MR) is 39.9 cm³/mol. The van der Waals surface area contributed by atoms with Crippen LogP contribution in [0.2, 0.25) is 0 Å². The van der Waals surface area contributed by atoms with Gasteiger partial charge in [0.05, 0.1) is 0 Å². The molecule has 0 amide bonds. The minimum atomic E-state index is -2.00. The molecule has 0 saturated heterocycles. The van der Waals surface area contributed by atoms with Gasteiger partial charge in [-0.2, -0.15) is 0 Å². The first-order valence-corrected chi connectivity index (χ1v) is 5.05. The van der Waals surface area contributed by atoms with Crippen LogP contribution in [0.3, 0.4) is 0 Å². The zero-order chi connectivity index (χ0) is 10.7. The zero-order valence-electron chi connectivity index (χ0n) is 7.23. The zero-order valence-corrected chi connectivity index (χ0v) is 8.79. The molecule has 6 nitrogen and oxygen atoms in total. The van der Waals surface area contributed by atoms with Crippen molar-refractivity contribution in [2.45, 2.75) is 25.3 Å². The van der Waals surface area contributed by atoms with E-state index in [2.05, 4.69) is 0 Å². The molecule has 0 bridgehead atoms. The molecule has 0 fully saturated rings. The SMILES string of the molecule is NCCCC[C@H](N)C(=O)O.[O]=[Ti]=[O]. The molecule has 0 aliphatic carbocycles. The van der Waals surface area contributed by atoms with Crippen LogP contribution >= 0.6 is 0 Å². The average molecular weight is 226 g/mol. The Morgan fingerprint density at radius 3 is 2.15 bits per heavy atom. The number of rotatable bonds is 5. The molecule has 0 saturated carbocycles. The second-order valence-electron chi connectivity index (χ2n) is 2.31. The topological polar surface area (TPSA) is 123 Å². The van der Waals surface area contributed by atoms with Crippen molar-refractivity contribution < 1.29 is 35.6 Å². The molecule has 5 N–H and O–H groups in total. The molecule has 0 unspecified atom stereocenters. The molecule has 0 aromatic rings. The van der Waals surface area contributed by atoms with Crippen LogP contribution < -0.4 is 11.5 Å². The molecule has 0 aromatic carbocycles. The van der Waals surface area contributed by atoms with Crippen LogP contribution in [0.5, 0.6) is 0 Å². The van der Waals surface area contributed by atoms with Crippen molar-refractivity contribution in [2.24, 2.45) is 11.5 Å². The maximum absolute atomic E-state index is 10.1. The van der Waals surface area contributed by atoms with E-state index in [4.69, 9.17) is 23.2 Å². The van der Waals surface area contributed by atoms with Gasteiger partial charge in [0.2, 0.25) is 0 Å². The van der Waals surface area contributed by atoms with Gasteiger partial charge in [0.15, 0.2) is 0 Å². The van der Waals surface area contributed by atoms with Gasteiger partial charge in [0.1, 0.15) is 6.04 Å². The average Bonchev–Trinajstić information content (AvgIpc) is 2.06. The number of carboxylic acids is 1. The van der Waals surface area contributed by atoms with Crippen LogP contribution in [0.4, 0.5) is 0 Å². The Bertz CT molecular complexity index is 170. The molecule has 0 heterocycles. The number of hydrogen-bond donors (Lipinski definition) is 3.